The van der Waals surface area contributed by atoms with Gasteiger partial charge in [-0.2, -0.15) is 4.98 Å². The van der Waals surface area contributed by atoms with Gasteiger partial charge < -0.3 is 15.5 Å². The first kappa shape index (κ1) is 20.7. The molecule has 2 N–H and O–H groups in total. The van der Waals surface area contributed by atoms with E-state index in [4.69, 9.17) is 0 Å². The number of aromatic nitrogens is 2. The third-order valence-corrected chi connectivity index (χ3v) is 4.26. The molecular formula is C22H25F2N5. The molecule has 29 heavy (non-hydrogen) atoms. The van der Waals surface area contributed by atoms with Gasteiger partial charge in [-0.25, -0.2) is 13.8 Å². The fourth-order valence-electron chi connectivity index (χ4n) is 2.87. The molecule has 152 valence electrons. The van der Waals surface area contributed by atoms with Crippen molar-refractivity contribution in [2.24, 2.45) is 0 Å². The molecule has 0 aliphatic carbocycles. The maximum atomic E-state index is 13.4. The van der Waals surface area contributed by atoms with E-state index in [0.29, 0.717) is 17.3 Å². The smallest absolute Gasteiger partial charge is 0.225 e. The summed E-state index contributed by atoms with van der Waals surface area (Å²) >= 11 is 0. The van der Waals surface area contributed by atoms with E-state index < -0.39 is 11.6 Å². The van der Waals surface area contributed by atoms with Crippen LogP contribution in [0.5, 0.6) is 0 Å². The minimum atomic E-state index is -0.599. The summed E-state index contributed by atoms with van der Waals surface area (Å²) in [6, 6.07) is 15.1. The van der Waals surface area contributed by atoms with Crippen LogP contribution in [0.15, 0.2) is 54.6 Å². The van der Waals surface area contributed by atoms with Crippen molar-refractivity contribution in [3.05, 3.63) is 71.8 Å². The molecule has 0 saturated carbocycles. The van der Waals surface area contributed by atoms with Gasteiger partial charge in [0.05, 0.1) is 5.69 Å². The Kier molecular flexibility index (Phi) is 7.08. The minimum Gasteiger partial charge on any atom is -0.366 e. The van der Waals surface area contributed by atoms with Crippen LogP contribution in [-0.2, 0) is 6.54 Å². The zero-order valence-electron chi connectivity index (χ0n) is 16.6. The van der Waals surface area contributed by atoms with Crippen molar-refractivity contribution < 1.29 is 8.78 Å². The average molecular weight is 397 g/mol. The van der Waals surface area contributed by atoms with Gasteiger partial charge in [-0.3, -0.25) is 0 Å². The predicted molar refractivity (Wildman–Crippen MR) is 113 cm³/mol. The van der Waals surface area contributed by atoms with Gasteiger partial charge in [0.15, 0.2) is 0 Å². The summed E-state index contributed by atoms with van der Waals surface area (Å²) in [4.78, 5) is 11.2. The number of halogens is 2. The zero-order valence-corrected chi connectivity index (χ0v) is 16.6. The molecule has 5 nitrogen and oxygen atoms in total. The molecular weight excluding hydrogens is 372 g/mol. The van der Waals surface area contributed by atoms with Crippen molar-refractivity contribution in [3.63, 3.8) is 0 Å². The Morgan fingerprint density at radius 2 is 1.62 bits per heavy atom. The van der Waals surface area contributed by atoms with E-state index in [0.717, 1.165) is 36.8 Å². The first-order chi connectivity index (χ1) is 14.0. The van der Waals surface area contributed by atoms with Crippen LogP contribution in [0.3, 0.4) is 0 Å². The van der Waals surface area contributed by atoms with Gasteiger partial charge >= 0.3 is 0 Å². The van der Waals surface area contributed by atoms with Crippen LogP contribution in [0.25, 0.3) is 11.3 Å². The average Bonchev–Trinajstić information content (AvgIpc) is 2.69. The van der Waals surface area contributed by atoms with Gasteiger partial charge in [-0.1, -0.05) is 30.3 Å². The van der Waals surface area contributed by atoms with Crippen LogP contribution in [0.1, 0.15) is 12.0 Å². The number of anilines is 2. The van der Waals surface area contributed by atoms with Gasteiger partial charge in [0, 0.05) is 30.8 Å². The minimum absolute atomic E-state index is 0.250. The highest BCUT2D eigenvalue weighted by Gasteiger charge is 2.08. The number of nitrogens with zero attached hydrogens (tertiary/aromatic N) is 3. The first-order valence-electron chi connectivity index (χ1n) is 9.51. The van der Waals surface area contributed by atoms with Gasteiger partial charge in [-0.05, 0) is 44.8 Å². The second kappa shape index (κ2) is 9.93. The molecule has 2 aromatic carbocycles. The van der Waals surface area contributed by atoms with Gasteiger partial charge in [0.2, 0.25) is 5.95 Å². The highest BCUT2D eigenvalue weighted by Crippen LogP contribution is 2.22. The van der Waals surface area contributed by atoms with Gasteiger partial charge in [-0.15, -0.1) is 0 Å². The van der Waals surface area contributed by atoms with Crippen LogP contribution in [0, 0.1) is 11.6 Å². The molecule has 3 aromatic rings. The van der Waals surface area contributed by atoms with E-state index in [1.807, 2.05) is 50.5 Å². The monoisotopic (exact) mass is 397 g/mol. The normalized spacial score (nSPS) is 10.9. The lowest BCUT2D eigenvalue weighted by atomic mass is 10.1. The number of hydrogen-bond acceptors (Lipinski definition) is 5. The van der Waals surface area contributed by atoms with Crippen LogP contribution >= 0.6 is 0 Å². The molecule has 0 radical (unpaired) electrons. The second-order valence-corrected chi connectivity index (χ2v) is 7.04. The summed E-state index contributed by atoms with van der Waals surface area (Å²) in [6.45, 7) is 1.95. The Labute approximate surface area is 169 Å². The molecule has 7 heteroatoms. The Morgan fingerprint density at radius 1 is 0.897 bits per heavy atom. The number of rotatable bonds is 9. The summed E-state index contributed by atoms with van der Waals surface area (Å²) in [6.07, 6.45) is 0.956. The topological polar surface area (TPSA) is 53.1 Å². The largest absolute Gasteiger partial charge is 0.366 e. The predicted octanol–water partition coefficient (Wildman–Crippen LogP) is 4.40. The molecule has 1 heterocycles. The van der Waals surface area contributed by atoms with E-state index in [1.54, 1.807) is 0 Å². The van der Waals surface area contributed by atoms with Crippen molar-refractivity contribution in [3.8, 4) is 11.3 Å². The first-order valence-corrected chi connectivity index (χ1v) is 9.51. The van der Waals surface area contributed by atoms with E-state index in [-0.39, 0.29) is 6.54 Å². The zero-order chi connectivity index (χ0) is 20.6. The molecule has 1 aromatic heterocycles. The van der Waals surface area contributed by atoms with Crippen molar-refractivity contribution in [1.82, 2.24) is 14.9 Å². The summed E-state index contributed by atoms with van der Waals surface area (Å²) in [7, 11) is 4.06. The second-order valence-electron chi connectivity index (χ2n) is 7.04. The maximum absolute atomic E-state index is 13.4. The molecule has 0 fully saturated rings. The quantitative estimate of drug-likeness (QED) is 0.524. The van der Waals surface area contributed by atoms with Crippen LogP contribution in [0.4, 0.5) is 20.5 Å². The van der Waals surface area contributed by atoms with Crippen molar-refractivity contribution in [1.29, 1.82) is 0 Å². The van der Waals surface area contributed by atoms with Gasteiger partial charge in [0.1, 0.15) is 17.5 Å². The lowest BCUT2D eigenvalue weighted by molar-refractivity contribution is 0.405. The Bertz CT molecular complexity index is 911. The molecule has 3 rings (SSSR count). The third-order valence-electron chi connectivity index (χ3n) is 4.26. The fourth-order valence-corrected chi connectivity index (χ4v) is 2.87. The number of nitrogens with one attached hydrogen (secondary N) is 2. The molecule has 0 bridgehead atoms. The van der Waals surface area contributed by atoms with E-state index in [2.05, 4.69) is 25.5 Å². The molecule has 0 saturated heterocycles. The number of hydrogen-bond donors (Lipinski definition) is 2. The third kappa shape index (κ3) is 6.50. The molecule has 0 atom stereocenters. The highest BCUT2D eigenvalue weighted by molar-refractivity contribution is 5.64. The van der Waals surface area contributed by atoms with Crippen molar-refractivity contribution >= 4 is 11.8 Å². The lowest BCUT2D eigenvalue weighted by Crippen LogP contribution is -2.17. The molecule has 0 aliphatic rings. The molecule has 0 unspecified atom stereocenters. The Balaban J connectivity index is 1.78. The molecule has 0 aliphatic heterocycles. The Hall–Kier alpha value is -3.06. The van der Waals surface area contributed by atoms with Crippen molar-refractivity contribution in [2.75, 3.05) is 37.8 Å². The van der Waals surface area contributed by atoms with Gasteiger partial charge in [0.25, 0.3) is 0 Å². The Morgan fingerprint density at radius 3 is 2.31 bits per heavy atom. The van der Waals surface area contributed by atoms with Crippen molar-refractivity contribution in [2.45, 2.75) is 13.0 Å². The van der Waals surface area contributed by atoms with E-state index >= 15 is 0 Å². The maximum Gasteiger partial charge on any atom is 0.225 e. The SMILES string of the molecule is CN(C)CCCNc1nc(NCc2cc(F)cc(F)c2)cc(-c2ccccc2)n1. The van der Waals surface area contributed by atoms with Crippen LogP contribution < -0.4 is 10.6 Å². The lowest BCUT2D eigenvalue weighted by Gasteiger charge is -2.13. The summed E-state index contributed by atoms with van der Waals surface area (Å²) in [5.41, 5.74) is 2.23. The fraction of sp³-hybridized carbons (Fsp3) is 0.273. The molecule has 0 amide bonds. The highest BCUT2D eigenvalue weighted by atomic mass is 19.1. The molecule has 0 spiro atoms. The van der Waals surface area contributed by atoms with Crippen LogP contribution in [0.2, 0.25) is 0 Å². The number of benzene rings is 2. The van der Waals surface area contributed by atoms with E-state index in [1.165, 1.54) is 12.1 Å². The summed E-state index contributed by atoms with van der Waals surface area (Å²) in [5.74, 6) is -0.105. The summed E-state index contributed by atoms with van der Waals surface area (Å²) < 4.78 is 26.9. The standard InChI is InChI=1S/C22H25F2N5/c1-29(2)10-6-9-25-22-27-20(17-7-4-3-5-8-17)14-21(28-22)26-15-16-11-18(23)13-19(24)12-16/h3-5,7-8,11-14H,6,9-10,15H2,1-2H3,(H2,25,26,27,28). The summed E-state index contributed by atoms with van der Waals surface area (Å²) in [5, 5.41) is 6.40. The van der Waals surface area contributed by atoms with Crippen LogP contribution in [-0.4, -0.2) is 42.1 Å². The van der Waals surface area contributed by atoms with E-state index in [9.17, 15) is 8.78 Å².